The molecular formula is C14H19NO3. The van der Waals surface area contributed by atoms with E-state index in [2.05, 4.69) is 12.2 Å². The second-order valence-corrected chi connectivity index (χ2v) is 5.18. The molecule has 0 spiro atoms. The molecule has 98 valence electrons. The molecule has 1 aromatic rings. The highest BCUT2D eigenvalue weighted by Gasteiger charge is 2.34. The molecule has 0 aromatic heterocycles. The lowest BCUT2D eigenvalue weighted by atomic mass is 9.75. The predicted molar refractivity (Wildman–Crippen MR) is 67.9 cm³/mol. The fourth-order valence-corrected chi connectivity index (χ4v) is 2.66. The molecule has 0 saturated heterocycles. The van der Waals surface area contributed by atoms with E-state index in [4.69, 9.17) is 9.47 Å². The van der Waals surface area contributed by atoms with Gasteiger partial charge in [-0.1, -0.05) is 6.92 Å². The molecule has 0 radical (unpaired) electrons. The van der Waals surface area contributed by atoms with E-state index in [-0.39, 0.29) is 18.1 Å². The van der Waals surface area contributed by atoms with Crippen LogP contribution in [0.15, 0.2) is 12.1 Å². The van der Waals surface area contributed by atoms with Gasteiger partial charge in [0.2, 0.25) is 6.79 Å². The summed E-state index contributed by atoms with van der Waals surface area (Å²) in [5.41, 5.74) is 1.15. The van der Waals surface area contributed by atoms with Crippen molar-refractivity contribution in [3.63, 3.8) is 0 Å². The number of rotatable bonds is 4. The van der Waals surface area contributed by atoms with E-state index < -0.39 is 0 Å². The number of phenols is 1. The fraction of sp³-hybridized carbons (Fsp3) is 0.571. The Morgan fingerprint density at radius 3 is 2.61 bits per heavy atom. The van der Waals surface area contributed by atoms with Crippen molar-refractivity contribution in [2.75, 3.05) is 6.79 Å². The molecule has 0 amide bonds. The lowest BCUT2D eigenvalue weighted by molar-refractivity contribution is 0.173. The first-order valence-corrected chi connectivity index (χ1v) is 6.59. The first-order chi connectivity index (χ1) is 8.72. The summed E-state index contributed by atoms with van der Waals surface area (Å²) in [7, 11) is 0. The number of fused-ring (bicyclic) bond motifs is 1. The molecule has 1 heterocycles. The Kier molecular flexibility index (Phi) is 2.82. The van der Waals surface area contributed by atoms with Gasteiger partial charge in [0, 0.05) is 23.7 Å². The van der Waals surface area contributed by atoms with Crippen LogP contribution < -0.4 is 14.8 Å². The molecule has 18 heavy (non-hydrogen) atoms. The Morgan fingerprint density at radius 2 is 2.00 bits per heavy atom. The van der Waals surface area contributed by atoms with Gasteiger partial charge in [-0.3, -0.25) is 0 Å². The zero-order chi connectivity index (χ0) is 12.6. The maximum Gasteiger partial charge on any atom is 0.231 e. The number of aromatic hydroxyl groups is 1. The minimum atomic E-state index is 0.241. The fourth-order valence-electron chi connectivity index (χ4n) is 2.66. The summed E-state index contributed by atoms with van der Waals surface area (Å²) < 4.78 is 10.6. The Balaban J connectivity index is 1.73. The molecule has 4 heteroatoms. The van der Waals surface area contributed by atoms with Crippen LogP contribution in [0.5, 0.6) is 17.2 Å². The van der Waals surface area contributed by atoms with Crippen molar-refractivity contribution >= 4 is 0 Å². The van der Waals surface area contributed by atoms with E-state index in [0.717, 1.165) is 17.7 Å². The zero-order valence-corrected chi connectivity index (χ0v) is 10.7. The molecule has 0 unspecified atom stereocenters. The van der Waals surface area contributed by atoms with Crippen molar-refractivity contribution in [3.8, 4) is 17.2 Å². The van der Waals surface area contributed by atoms with E-state index in [0.29, 0.717) is 12.3 Å². The van der Waals surface area contributed by atoms with E-state index in [1.807, 2.05) is 6.07 Å². The predicted octanol–water partition coefficient (Wildman–Crippen LogP) is 2.54. The SMILES string of the molecule is CCC1(NCc2cc3c(cc2O)OCO3)CCC1. The molecule has 1 aliphatic heterocycles. The van der Waals surface area contributed by atoms with Crippen LogP contribution in [0, 0.1) is 0 Å². The molecule has 3 rings (SSSR count). The van der Waals surface area contributed by atoms with Crippen molar-refractivity contribution in [1.82, 2.24) is 5.32 Å². The Bertz CT molecular complexity index is 449. The topological polar surface area (TPSA) is 50.7 Å². The molecule has 2 aliphatic rings. The Morgan fingerprint density at radius 1 is 1.28 bits per heavy atom. The number of nitrogens with one attached hydrogen (secondary N) is 1. The standard InChI is InChI=1S/C14H19NO3/c1-2-14(4-3-5-14)15-8-10-6-12-13(7-11(10)16)18-9-17-12/h6-7,15-16H,2-5,8-9H2,1H3. The van der Waals surface area contributed by atoms with Crippen molar-refractivity contribution in [3.05, 3.63) is 17.7 Å². The summed E-state index contributed by atoms with van der Waals surface area (Å²) in [4.78, 5) is 0. The average molecular weight is 249 g/mol. The van der Waals surface area contributed by atoms with Crippen LogP contribution in [0.1, 0.15) is 38.2 Å². The monoisotopic (exact) mass is 249 g/mol. The van der Waals surface area contributed by atoms with Gasteiger partial charge in [-0.15, -0.1) is 0 Å². The largest absolute Gasteiger partial charge is 0.507 e. The third-order valence-corrected chi connectivity index (χ3v) is 4.22. The minimum absolute atomic E-state index is 0.241. The average Bonchev–Trinajstić information content (AvgIpc) is 2.75. The molecule has 1 saturated carbocycles. The van der Waals surface area contributed by atoms with Crippen LogP contribution in [-0.2, 0) is 6.54 Å². The minimum Gasteiger partial charge on any atom is -0.507 e. The first-order valence-electron chi connectivity index (χ1n) is 6.59. The van der Waals surface area contributed by atoms with Gasteiger partial charge in [-0.25, -0.2) is 0 Å². The summed E-state index contributed by atoms with van der Waals surface area (Å²) in [5.74, 6) is 1.63. The molecule has 1 aliphatic carbocycles. The number of phenolic OH excluding ortho intramolecular Hbond substituents is 1. The van der Waals surface area contributed by atoms with E-state index in [1.54, 1.807) is 6.07 Å². The highest BCUT2D eigenvalue weighted by Crippen LogP contribution is 2.39. The normalized spacial score (nSPS) is 19.6. The Hall–Kier alpha value is -1.42. The van der Waals surface area contributed by atoms with Gasteiger partial charge in [0.05, 0.1) is 0 Å². The zero-order valence-electron chi connectivity index (χ0n) is 10.7. The Labute approximate surface area is 107 Å². The van der Waals surface area contributed by atoms with Gasteiger partial charge in [0.15, 0.2) is 11.5 Å². The second-order valence-electron chi connectivity index (χ2n) is 5.18. The van der Waals surface area contributed by atoms with Crippen molar-refractivity contribution in [1.29, 1.82) is 0 Å². The van der Waals surface area contributed by atoms with Gasteiger partial charge >= 0.3 is 0 Å². The van der Waals surface area contributed by atoms with E-state index >= 15 is 0 Å². The lowest BCUT2D eigenvalue weighted by Gasteiger charge is -2.42. The van der Waals surface area contributed by atoms with Gasteiger partial charge in [-0.2, -0.15) is 0 Å². The smallest absolute Gasteiger partial charge is 0.231 e. The summed E-state index contributed by atoms with van der Waals surface area (Å²) in [6.07, 6.45) is 4.90. The summed E-state index contributed by atoms with van der Waals surface area (Å²) in [6, 6.07) is 3.51. The number of benzene rings is 1. The quantitative estimate of drug-likeness (QED) is 0.861. The van der Waals surface area contributed by atoms with Crippen LogP contribution in [0.4, 0.5) is 0 Å². The van der Waals surface area contributed by atoms with Crippen molar-refractivity contribution in [2.45, 2.75) is 44.7 Å². The molecule has 1 aromatic carbocycles. The molecule has 4 nitrogen and oxygen atoms in total. The number of hydrogen-bond acceptors (Lipinski definition) is 4. The third-order valence-electron chi connectivity index (χ3n) is 4.22. The van der Waals surface area contributed by atoms with Crippen LogP contribution in [-0.4, -0.2) is 17.4 Å². The van der Waals surface area contributed by atoms with Crippen LogP contribution in [0.3, 0.4) is 0 Å². The van der Waals surface area contributed by atoms with Crippen LogP contribution in [0.25, 0.3) is 0 Å². The maximum absolute atomic E-state index is 9.96. The van der Waals surface area contributed by atoms with E-state index in [1.165, 1.54) is 19.3 Å². The van der Waals surface area contributed by atoms with Gasteiger partial charge in [0.25, 0.3) is 0 Å². The first kappa shape index (κ1) is 11.7. The number of hydrogen-bond donors (Lipinski definition) is 2. The van der Waals surface area contributed by atoms with Gasteiger partial charge in [0.1, 0.15) is 5.75 Å². The summed E-state index contributed by atoms with van der Waals surface area (Å²) in [5, 5.41) is 13.5. The lowest BCUT2D eigenvalue weighted by Crippen LogP contribution is -2.49. The molecule has 2 N–H and O–H groups in total. The molecule has 0 atom stereocenters. The van der Waals surface area contributed by atoms with Crippen LogP contribution >= 0.6 is 0 Å². The van der Waals surface area contributed by atoms with Crippen molar-refractivity contribution in [2.24, 2.45) is 0 Å². The summed E-state index contributed by atoms with van der Waals surface area (Å²) in [6.45, 7) is 3.13. The van der Waals surface area contributed by atoms with Gasteiger partial charge in [-0.05, 0) is 31.7 Å². The molecular weight excluding hydrogens is 230 g/mol. The number of ether oxygens (including phenoxy) is 2. The summed E-state index contributed by atoms with van der Waals surface area (Å²) >= 11 is 0. The van der Waals surface area contributed by atoms with Crippen molar-refractivity contribution < 1.29 is 14.6 Å². The van der Waals surface area contributed by atoms with Gasteiger partial charge < -0.3 is 19.9 Å². The highest BCUT2D eigenvalue weighted by molar-refractivity contribution is 5.51. The third kappa shape index (κ3) is 1.90. The highest BCUT2D eigenvalue weighted by atomic mass is 16.7. The molecule has 0 bridgehead atoms. The van der Waals surface area contributed by atoms with E-state index in [9.17, 15) is 5.11 Å². The maximum atomic E-state index is 9.96. The second kappa shape index (κ2) is 4.35. The molecule has 1 fully saturated rings. The van der Waals surface area contributed by atoms with Crippen LogP contribution in [0.2, 0.25) is 0 Å².